The molecule has 2 aromatic carbocycles. The van der Waals surface area contributed by atoms with Gasteiger partial charge in [0.1, 0.15) is 5.75 Å². The maximum Gasteiger partial charge on any atom is 0.119 e. The van der Waals surface area contributed by atoms with Crippen molar-refractivity contribution in [3.63, 3.8) is 0 Å². The van der Waals surface area contributed by atoms with Gasteiger partial charge in [-0.25, -0.2) is 0 Å². The molecule has 0 amide bonds. The van der Waals surface area contributed by atoms with Gasteiger partial charge in [-0.05, 0) is 73.5 Å². The zero-order valence-electron chi connectivity index (χ0n) is 19.9. The molecule has 3 aliphatic heterocycles. The summed E-state index contributed by atoms with van der Waals surface area (Å²) in [6.07, 6.45) is 4.86. The summed E-state index contributed by atoms with van der Waals surface area (Å²) in [4.78, 5) is 5.29. The molecule has 3 saturated heterocycles. The lowest BCUT2D eigenvalue weighted by molar-refractivity contribution is -0.0677. The van der Waals surface area contributed by atoms with E-state index in [9.17, 15) is 5.11 Å². The monoisotopic (exact) mass is 450 g/mol. The van der Waals surface area contributed by atoms with Crippen LogP contribution in [-0.2, 0) is 4.74 Å². The number of methoxy groups -OCH3 is 1. The van der Waals surface area contributed by atoms with Gasteiger partial charge < -0.3 is 19.5 Å². The number of hydrogen-bond donors (Lipinski definition) is 1. The number of ether oxygens (including phenoxy) is 2. The fourth-order valence-electron chi connectivity index (χ4n) is 6.17. The van der Waals surface area contributed by atoms with E-state index in [1.807, 2.05) is 12.1 Å². The molecule has 3 aliphatic rings. The first kappa shape index (κ1) is 22.9. The van der Waals surface area contributed by atoms with Gasteiger partial charge in [-0.15, -0.1) is 0 Å². The molecule has 33 heavy (non-hydrogen) atoms. The molecule has 178 valence electrons. The van der Waals surface area contributed by atoms with Crippen molar-refractivity contribution in [2.24, 2.45) is 5.92 Å². The second-order valence-corrected chi connectivity index (χ2v) is 9.96. The van der Waals surface area contributed by atoms with Crippen LogP contribution in [0.5, 0.6) is 5.75 Å². The Kier molecular flexibility index (Phi) is 7.31. The van der Waals surface area contributed by atoms with Gasteiger partial charge in [0, 0.05) is 44.3 Å². The Morgan fingerprint density at radius 2 is 1.79 bits per heavy atom. The molecular formula is C28H38N2O3. The van der Waals surface area contributed by atoms with E-state index in [0.29, 0.717) is 12.0 Å². The SMILES string of the molecule is COc1cccc(-c2ccc([C@@H]3[C@@H](CO)N4CCCCN(CC5CCOCC5)C[C@@H]34)cc2)c1. The van der Waals surface area contributed by atoms with E-state index in [0.717, 1.165) is 38.0 Å². The lowest BCUT2D eigenvalue weighted by Gasteiger charge is -2.57. The fraction of sp³-hybridized carbons (Fsp3) is 0.571. The highest BCUT2D eigenvalue weighted by atomic mass is 16.5. The van der Waals surface area contributed by atoms with E-state index in [-0.39, 0.29) is 12.6 Å². The highest BCUT2D eigenvalue weighted by Gasteiger charge is 2.49. The van der Waals surface area contributed by atoms with E-state index in [1.165, 1.54) is 55.5 Å². The number of aliphatic hydroxyl groups excluding tert-OH is 1. The molecule has 0 unspecified atom stereocenters. The van der Waals surface area contributed by atoms with Gasteiger partial charge in [0.15, 0.2) is 0 Å². The number of fused-ring (bicyclic) bond motifs is 1. The average molecular weight is 451 g/mol. The van der Waals surface area contributed by atoms with Crippen LogP contribution in [0.25, 0.3) is 11.1 Å². The molecule has 0 saturated carbocycles. The molecule has 3 fully saturated rings. The first-order chi connectivity index (χ1) is 16.3. The second kappa shape index (κ2) is 10.6. The molecule has 5 heteroatoms. The van der Waals surface area contributed by atoms with Crippen LogP contribution in [-0.4, -0.2) is 80.1 Å². The van der Waals surface area contributed by atoms with Crippen LogP contribution in [0, 0.1) is 5.92 Å². The summed E-state index contributed by atoms with van der Waals surface area (Å²) in [7, 11) is 1.71. The summed E-state index contributed by atoms with van der Waals surface area (Å²) in [5.41, 5.74) is 3.73. The third kappa shape index (κ3) is 4.97. The average Bonchev–Trinajstić information content (AvgIpc) is 2.85. The molecule has 0 radical (unpaired) electrons. The van der Waals surface area contributed by atoms with Crippen LogP contribution in [0.2, 0.25) is 0 Å². The maximum atomic E-state index is 10.3. The molecule has 3 atom stereocenters. The van der Waals surface area contributed by atoms with Crippen molar-refractivity contribution in [2.45, 2.75) is 43.7 Å². The molecular weight excluding hydrogens is 412 g/mol. The zero-order chi connectivity index (χ0) is 22.6. The van der Waals surface area contributed by atoms with E-state index in [2.05, 4.69) is 46.2 Å². The minimum absolute atomic E-state index is 0.235. The largest absolute Gasteiger partial charge is 0.497 e. The number of nitrogens with zero attached hydrogens (tertiary/aromatic N) is 2. The summed E-state index contributed by atoms with van der Waals surface area (Å²) in [6, 6.07) is 18.0. The van der Waals surface area contributed by atoms with Crippen molar-refractivity contribution >= 4 is 0 Å². The van der Waals surface area contributed by atoms with E-state index in [1.54, 1.807) is 7.11 Å². The summed E-state index contributed by atoms with van der Waals surface area (Å²) >= 11 is 0. The van der Waals surface area contributed by atoms with Crippen LogP contribution < -0.4 is 4.74 Å². The third-order valence-corrected chi connectivity index (χ3v) is 8.01. The number of aliphatic hydroxyl groups is 1. The highest BCUT2D eigenvalue weighted by Crippen LogP contribution is 2.42. The number of hydrogen-bond acceptors (Lipinski definition) is 5. The molecule has 5 rings (SSSR count). The van der Waals surface area contributed by atoms with Crippen molar-refractivity contribution in [1.29, 1.82) is 0 Å². The van der Waals surface area contributed by atoms with Crippen LogP contribution in [0.3, 0.4) is 0 Å². The second-order valence-electron chi connectivity index (χ2n) is 9.96. The molecule has 0 aromatic heterocycles. The zero-order valence-corrected chi connectivity index (χ0v) is 19.9. The summed E-state index contributed by atoms with van der Waals surface area (Å²) < 4.78 is 11.0. The Labute approximate surface area is 198 Å². The van der Waals surface area contributed by atoms with Gasteiger partial charge in [0.25, 0.3) is 0 Å². The Bertz CT molecular complexity index is 896. The van der Waals surface area contributed by atoms with E-state index in [4.69, 9.17) is 9.47 Å². The summed E-state index contributed by atoms with van der Waals surface area (Å²) in [5.74, 6) is 2.04. The third-order valence-electron chi connectivity index (χ3n) is 8.01. The van der Waals surface area contributed by atoms with Gasteiger partial charge in [0.05, 0.1) is 13.7 Å². The minimum atomic E-state index is 0.235. The molecule has 2 aromatic rings. The number of benzene rings is 2. The van der Waals surface area contributed by atoms with Gasteiger partial charge in [-0.3, -0.25) is 4.90 Å². The van der Waals surface area contributed by atoms with Crippen molar-refractivity contribution in [3.05, 3.63) is 54.1 Å². The van der Waals surface area contributed by atoms with Gasteiger partial charge >= 0.3 is 0 Å². The van der Waals surface area contributed by atoms with E-state index < -0.39 is 0 Å². The molecule has 0 aliphatic carbocycles. The van der Waals surface area contributed by atoms with Crippen molar-refractivity contribution in [3.8, 4) is 16.9 Å². The highest BCUT2D eigenvalue weighted by molar-refractivity contribution is 5.65. The van der Waals surface area contributed by atoms with Crippen LogP contribution >= 0.6 is 0 Å². The van der Waals surface area contributed by atoms with Gasteiger partial charge in [0.2, 0.25) is 0 Å². The minimum Gasteiger partial charge on any atom is -0.497 e. The Morgan fingerprint density at radius 3 is 2.55 bits per heavy atom. The predicted octanol–water partition coefficient (Wildman–Crippen LogP) is 4.01. The van der Waals surface area contributed by atoms with Crippen LogP contribution in [0.1, 0.15) is 37.2 Å². The molecule has 5 nitrogen and oxygen atoms in total. The lowest BCUT2D eigenvalue weighted by Crippen LogP contribution is -2.67. The standard InChI is InChI=1S/C28H38N2O3/c1-32-25-6-4-5-24(17-25)22-7-9-23(10-8-22)28-26-19-29(18-21-11-15-33-16-12-21)13-2-3-14-30(26)27(28)20-31/h4-10,17,21,26-28,31H,2-3,11-16,18-20H2,1H3/t26-,27+,28-/m0/s1. The Morgan fingerprint density at radius 1 is 1.00 bits per heavy atom. The lowest BCUT2D eigenvalue weighted by atomic mass is 9.74. The maximum absolute atomic E-state index is 10.3. The number of rotatable bonds is 6. The quantitative estimate of drug-likeness (QED) is 0.720. The topological polar surface area (TPSA) is 45.2 Å². The van der Waals surface area contributed by atoms with Gasteiger partial charge in [-0.1, -0.05) is 36.4 Å². The van der Waals surface area contributed by atoms with Crippen molar-refractivity contribution in [1.82, 2.24) is 9.80 Å². The van der Waals surface area contributed by atoms with Crippen LogP contribution in [0.15, 0.2) is 48.5 Å². The smallest absolute Gasteiger partial charge is 0.119 e. The summed E-state index contributed by atoms with van der Waals surface area (Å²) in [6.45, 7) is 6.69. The van der Waals surface area contributed by atoms with Crippen molar-refractivity contribution in [2.75, 3.05) is 53.1 Å². The normalized spacial score (nSPS) is 27.3. The predicted molar refractivity (Wildman–Crippen MR) is 132 cm³/mol. The van der Waals surface area contributed by atoms with Gasteiger partial charge in [-0.2, -0.15) is 0 Å². The summed E-state index contributed by atoms with van der Waals surface area (Å²) in [5, 5.41) is 10.3. The first-order valence-electron chi connectivity index (χ1n) is 12.7. The van der Waals surface area contributed by atoms with Crippen LogP contribution in [0.4, 0.5) is 0 Å². The molecule has 0 spiro atoms. The molecule has 3 heterocycles. The fourth-order valence-corrected chi connectivity index (χ4v) is 6.17. The van der Waals surface area contributed by atoms with E-state index >= 15 is 0 Å². The Hall–Kier alpha value is -1.92. The first-order valence-corrected chi connectivity index (χ1v) is 12.7. The van der Waals surface area contributed by atoms with Crippen molar-refractivity contribution < 1.29 is 14.6 Å². The molecule has 0 bridgehead atoms. The Balaban J connectivity index is 1.32. The molecule has 1 N–H and O–H groups in total.